The monoisotopic (exact) mass is 331 g/mol. The molecule has 0 unspecified atom stereocenters. The van der Waals surface area contributed by atoms with Gasteiger partial charge < -0.3 is 15.1 Å². The maximum atomic E-state index is 13.2. The molecule has 0 radical (unpaired) electrons. The minimum absolute atomic E-state index is 0.0838. The number of rotatable bonds is 4. The van der Waals surface area contributed by atoms with E-state index in [2.05, 4.69) is 0 Å². The number of nitrogens with zero attached hydrogens (tertiary/aromatic N) is 1. The average Bonchev–Trinajstić information content (AvgIpc) is 3.10. The lowest BCUT2D eigenvalue weighted by molar-refractivity contribution is -0.165. The van der Waals surface area contributed by atoms with Crippen molar-refractivity contribution < 1.29 is 19.8 Å². The van der Waals surface area contributed by atoms with Crippen LogP contribution in [-0.4, -0.2) is 45.7 Å². The average molecular weight is 331 g/mol. The van der Waals surface area contributed by atoms with Crippen molar-refractivity contribution in [2.75, 3.05) is 13.1 Å². The van der Waals surface area contributed by atoms with Crippen LogP contribution in [0.1, 0.15) is 50.0 Å². The van der Waals surface area contributed by atoms with E-state index in [1.165, 1.54) is 12.8 Å². The first-order valence-corrected chi connectivity index (χ1v) is 8.81. The molecule has 1 aromatic carbocycles. The highest BCUT2D eigenvalue weighted by Gasteiger charge is 2.42. The zero-order valence-electron chi connectivity index (χ0n) is 13.9. The number of aliphatic hydroxyl groups is 1. The lowest BCUT2D eigenvalue weighted by Crippen LogP contribution is -2.52. The lowest BCUT2D eigenvalue weighted by Gasteiger charge is -2.38. The van der Waals surface area contributed by atoms with E-state index in [4.69, 9.17) is 5.11 Å². The topological polar surface area (TPSA) is 77.8 Å². The Balaban J connectivity index is 1.76. The van der Waals surface area contributed by atoms with Gasteiger partial charge in [0.2, 0.25) is 5.91 Å². The second-order valence-corrected chi connectivity index (χ2v) is 7.09. The predicted molar refractivity (Wildman–Crippen MR) is 89.5 cm³/mol. The van der Waals surface area contributed by atoms with Crippen molar-refractivity contribution >= 4 is 11.9 Å². The standard InChI is InChI=1S/C19H25NO4/c21-17(20-12-10-19(24,11-13-20)18(22)23)16(15-8-4-5-9-15)14-6-2-1-3-7-14/h1-3,6-7,15-16,24H,4-5,8-13H2,(H,22,23)/t16-/m1/s1. The summed E-state index contributed by atoms with van der Waals surface area (Å²) in [4.78, 5) is 26.1. The molecule has 2 N–H and O–H groups in total. The molecule has 1 atom stereocenters. The number of likely N-dealkylation sites (tertiary alicyclic amines) is 1. The largest absolute Gasteiger partial charge is 0.479 e. The Morgan fingerprint density at radius 3 is 2.21 bits per heavy atom. The van der Waals surface area contributed by atoms with Gasteiger partial charge in [0.25, 0.3) is 0 Å². The van der Waals surface area contributed by atoms with Crippen LogP contribution in [0, 0.1) is 5.92 Å². The van der Waals surface area contributed by atoms with E-state index in [0.29, 0.717) is 19.0 Å². The van der Waals surface area contributed by atoms with E-state index in [1.54, 1.807) is 4.90 Å². The number of carboxylic acids is 1. The second-order valence-electron chi connectivity index (χ2n) is 7.09. The van der Waals surface area contributed by atoms with Gasteiger partial charge in [-0.25, -0.2) is 4.79 Å². The Bertz CT molecular complexity index is 587. The van der Waals surface area contributed by atoms with Crippen LogP contribution in [0.2, 0.25) is 0 Å². The van der Waals surface area contributed by atoms with Crippen LogP contribution in [0.15, 0.2) is 30.3 Å². The fourth-order valence-electron chi connectivity index (χ4n) is 4.08. The zero-order valence-corrected chi connectivity index (χ0v) is 13.9. The van der Waals surface area contributed by atoms with Crippen LogP contribution in [0.3, 0.4) is 0 Å². The van der Waals surface area contributed by atoms with E-state index in [9.17, 15) is 14.7 Å². The molecule has 130 valence electrons. The Morgan fingerprint density at radius 1 is 1.08 bits per heavy atom. The fraction of sp³-hybridized carbons (Fsp3) is 0.579. The predicted octanol–water partition coefficient (Wildman–Crippen LogP) is 2.40. The maximum Gasteiger partial charge on any atom is 0.335 e. The van der Waals surface area contributed by atoms with Gasteiger partial charge in [-0.15, -0.1) is 0 Å². The number of carbonyl (C=O) groups is 2. The Kier molecular flexibility index (Phi) is 4.90. The van der Waals surface area contributed by atoms with Gasteiger partial charge in [-0.1, -0.05) is 43.2 Å². The van der Waals surface area contributed by atoms with E-state index in [-0.39, 0.29) is 24.7 Å². The summed E-state index contributed by atoms with van der Waals surface area (Å²) in [6, 6.07) is 9.90. The van der Waals surface area contributed by atoms with E-state index in [0.717, 1.165) is 18.4 Å². The van der Waals surface area contributed by atoms with Crippen molar-refractivity contribution in [3.8, 4) is 0 Å². The number of carbonyl (C=O) groups excluding carboxylic acids is 1. The van der Waals surface area contributed by atoms with Gasteiger partial charge in [-0.05, 0) is 24.3 Å². The number of aliphatic carboxylic acids is 1. The van der Waals surface area contributed by atoms with Gasteiger partial charge in [0.15, 0.2) is 5.60 Å². The smallest absolute Gasteiger partial charge is 0.335 e. The Hall–Kier alpha value is -1.88. The molecule has 0 spiro atoms. The minimum Gasteiger partial charge on any atom is -0.479 e. The summed E-state index contributed by atoms with van der Waals surface area (Å²) in [7, 11) is 0. The van der Waals surface area contributed by atoms with Gasteiger partial charge in [-0.3, -0.25) is 4.79 Å². The molecule has 1 saturated carbocycles. The molecule has 2 aliphatic rings. The van der Waals surface area contributed by atoms with Crippen LogP contribution in [0.4, 0.5) is 0 Å². The van der Waals surface area contributed by atoms with Gasteiger partial charge >= 0.3 is 5.97 Å². The van der Waals surface area contributed by atoms with Crippen LogP contribution in [0.25, 0.3) is 0 Å². The molecule has 1 aliphatic carbocycles. The number of amides is 1. The first-order valence-electron chi connectivity index (χ1n) is 8.81. The first-order chi connectivity index (χ1) is 11.5. The summed E-state index contributed by atoms with van der Waals surface area (Å²) in [6.45, 7) is 0.607. The summed E-state index contributed by atoms with van der Waals surface area (Å²) < 4.78 is 0. The third kappa shape index (κ3) is 3.31. The van der Waals surface area contributed by atoms with Crippen LogP contribution >= 0.6 is 0 Å². The number of hydrogen-bond acceptors (Lipinski definition) is 3. The molecule has 5 heteroatoms. The van der Waals surface area contributed by atoms with Crippen molar-refractivity contribution in [3.05, 3.63) is 35.9 Å². The second kappa shape index (κ2) is 6.93. The van der Waals surface area contributed by atoms with Gasteiger partial charge in [-0.2, -0.15) is 0 Å². The summed E-state index contributed by atoms with van der Waals surface area (Å²) in [5.41, 5.74) is -0.639. The zero-order chi connectivity index (χ0) is 17.2. The molecule has 0 aromatic heterocycles. The molecule has 0 bridgehead atoms. The van der Waals surface area contributed by atoms with Gasteiger partial charge in [0.1, 0.15) is 0 Å². The molecule has 1 aliphatic heterocycles. The highest BCUT2D eigenvalue weighted by Crippen LogP contribution is 2.39. The van der Waals surface area contributed by atoms with Crippen LogP contribution in [0.5, 0.6) is 0 Å². The van der Waals surface area contributed by atoms with E-state index >= 15 is 0 Å². The summed E-state index contributed by atoms with van der Waals surface area (Å²) >= 11 is 0. The molecular weight excluding hydrogens is 306 g/mol. The van der Waals surface area contributed by atoms with E-state index < -0.39 is 11.6 Å². The molecular formula is C19H25NO4. The first kappa shape index (κ1) is 17.0. The van der Waals surface area contributed by atoms with Gasteiger partial charge in [0, 0.05) is 25.9 Å². The normalized spacial score (nSPS) is 22.3. The number of hydrogen-bond donors (Lipinski definition) is 2. The lowest BCUT2D eigenvalue weighted by atomic mass is 9.82. The highest BCUT2D eigenvalue weighted by atomic mass is 16.4. The third-order valence-electron chi connectivity index (χ3n) is 5.60. The van der Waals surface area contributed by atoms with Crippen molar-refractivity contribution in [2.45, 2.75) is 50.0 Å². The number of benzene rings is 1. The molecule has 3 rings (SSSR count). The summed E-state index contributed by atoms with van der Waals surface area (Å²) in [5, 5.41) is 19.2. The number of piperidine rings is 1. The number of carboxylic acid groups (broad SMARTS) is 1. The Morgan fingerprint density at radius 2 is 1.67 bits per heavy atom. The molecule has 1 saturated heterocycles. The molecule has 24 heavy (non-hydrogen) atoms. The summed E-state index contributed by atoms with van der Waals surface area (Å²) in [5.74, 6) is -0.893. The molecule has 1 heterocycles. The van der Waals surface area contributed by atoms with Crippen molar-refractivity contribution in [1.82, 2.24) is 4.90 Å². The third-order valence-corrected chi connectivity index (χ3v) is 5.60. The van der Waals surface area contributed by atoms with Crippen molar-refractivity contribution in [1.29, 1.82) is 0 Å². The molecule has 2 fully saturated rings. The fourth-order valence-corrected chi connectivity index (χ4v) is 4.08. The maximum absolute atomic E-state index is 13.2. The quantitative estimate of drug-likeness (QED) is 0.888. The van der Waals surface area contributed by atoms with Gasteiger partial charge in [0.05, 0.1) is 5.92 Å². The molecule has 5 nitrogen and oxygen atoms in total. The minimum atomic E-state index is -1.69. The van der Waals surface area contributed by atoms with Crippen LogP contribution < -0.4 is 0 Å². The Labute approximate surface area is 142 Å². The van der Waals surface area contributed by atoms with E-state index in [1.807, 2.05) is 30.3 Å². The summed E-state index contributed by atoms with van der Waals surface area (Å²) in [6.07, 6.45) is 4.66. The van der Waals surface area contributed by atoms with Crippen LogP contribution in [-0.2, 0) is 9.59 Å². The highest BCUT2D eigenvalue weighted by molar-refractivity contribution is 5.85. The van der Waals surface area contributed by atoms with Crippen molar-refractivity contribution in [3.63, 3.8) is 0 Å². The SMILES string of the molecule is O=C([C@H](c1ccccc1)C1CCCC1)N1CCC(O)(C(=O)O)CC1. The molecule has 1 amide bonds. The molecule has 1 aromatic rings. The van der Waals surface area contributed by atoms with Crippen molar-refractivity contribution in [2.24, 2.45) is 5.92 Å².